The molecule has 2 aromatic carbocycles. The molecule has 0 heterocycles. The molecule has 0 amide bonds. The van der Waals surface area contributed by atoms with Crippen LogP contribution in [0.25, 0.3) is 0 Å². The largest absolute Gasteiger partial charge is 0.388 e. The molecule has 0 aliphatic carbocycles. The number of nitrogens with zero attached hydrogens (tertiary/aromatic N) is 1. The first-order chi connectivity index (χ1) is 9.49. The van der Waals surface area contributed by atoms with Crippen LogP contribution < -0.4 is 10.6 Å². The number of benzene rings is 2. The summed E-state index contributed by atoms with van der Waals surface area (Å²) in [5, 5.41) is 16.8. The van der Waals surface area contributed by atoms with Crippen LogP contribution in [0.15, 0.2) is 36.4 Å². The third-order valence-electron chi connectivity index (χ3n) is 2.86. The number of nitro benzene ring substituents is 1. The number of halogens is 1. The van der Waals surface area contributed by atoms with Gasteiger partial charge >= 0.3 is 0 Å². The molecule has 0 bridgehead atoms. The van der Waals surface area contributed by atoms with Crippen LogP contribution in [0.4, 0.5) is 27.1 Å². The Kier molecular flexibility index (Phi) is 3.84. The van der Waals surface area contributed by atoms with Crippen molar-refractivity contribution in [3.05, 3.63) is 57.9 Å². The van der Waals surface area contributed by atoms with Crippen LogP contribution in [0.5, 0.6) is 0 Å². The van der Waals surface area contributed by atoms with Gasteiger partial charge in [-0.25, -0.2) is 4.39 Å². The number of hydrogen-bond acceptors (Lipinski definition) is 4. The lowest BCUT2D eigenvalue weighted by molar-refractivity contribution is -0.384. The summed E-state index contributed by atoms with van der Waals surface area (Å²) in [5.74, 6) is -0.287. The maximum atomic E-state index is 13.2. The van der Waals surface area contributed by atoms with E-state index in [-0.39, 0.29) is 11.5 Å². The van der Waals surface area contributed by atoms with E-state index in [1.54, 1.807) is 32.2 Å². The molecular formula is C14H14FN3O2. The summed E-state index contributed by atoms with van der Waals surface area (Å²) in [6.45, 7) is 1.66. The van der Waals surface area contributed by atoms with Crippen LogP contribution in [0, 0.1) is 22.9 Å². The molecule has 5 nitrogen and oxygen atoms in total. The molecule has 2 rings (SSSR count). The lowest BCUT2D eigenvalue weighted by atomic mass is 10.2. The van der Waals surface area contributed by atoms with Crippen LogP contribution in [-0.2, 0) is 0 Å². The fourth-order valence-electron chi connectivity index (χ4n) is 1.82. The molecule has 0 fully saturated rings. The molecule has 20 heavy (non-hydrogen) atoms. The highest BCUT2D eigenvalue weighted by molar-refractivity contribution is 5.68. The van der Waals surface area contributed by atoms with Crippen molar-refractivity contribution in [1.82, 2.24) is 0 Å². The Balaban J connectivity index is 2.34. The first kappa shape index (κ1) is 13.8. The molecule has 0 saturated carbocycles. The SMILES string of the molecule is CNc1cc(Nc2ccc(F)c(C)c2)cc([N+](=O)[O-])c1. The molecule has 0 aromatic heterocycles. The highest BCUT2D eigenvalue weighted by atomic mass is 19.1. The second kappa shape index (κ2) is 5.56. The van der Waals surface area contributed by atoms with Gasteiger partial charge in [-0.05, 0) is 36.8 Å². The lowest BCUT2D eigenvalue weighted by Gasteiger charge is -2.09. The number of nitrogens with one attached hydrogen (secondary N) is 2. The van der Waals surface area contributed by atoms with Crippen molar-refractivity contribution in [3.8, 4) is 0 Å². The maximum Gasteiger partial charge on any atom is 0.273 e. The Morgan fingerprint density at radius 3 is 2.40 bits per heavy atom. The van der Waals surface area contributed by atoms with Gasteiger partial charge in [-0.3, -0.25) is 10.1 Å². The molecule has 0 atom stereocenters. The summed E-state index contributed by atoms with van der Waals surface area (Å²) >= 11 is 0. The average Bonchev–Trinajstić information content (AvgIpc) is 2.42. The fraction of sp³-hybridized carbons (Fsp3) is 0.143. The Morgan fingerprint density at radius 1 is 1.10 bits per heavy atom. The topological polar surface area (TPSA) is 67.2 Å². The molecule has 0 unspecified atom stereocenters. The van der Waals surface area contributed by atoms with Crippen LogP contribution in [-0.4, -0.2) is 12.0 Å². The van der Waals surface area contributed by atoms with E-state index < -0.39 is 4.92 Å². The van der Waals surface area contributed by atoms with Crippen molar-refractivity contribution in [2.75, 3.05) is 17.7 Å². The predicted octanol–water partition coefficient (Wildman–Crippen LogP) is 3.83. The van der Waals surface area contributed by atoms with E-state index in [2.05, 4.69) is 10.6 Å². The first-order valence-electron chi connectivity index (χ1n) is 6.00. The number of anilines is 3. The summed E-state index contributed by atoms with van der Waals surface area (Å²) in [7, 11) is 1.69. The third kappa shape index (κ3) is 3.03. The van der Waals surface area contributed by atoms with Gasteiger partial charge in [0.1, 0.15) is 5.82 Å². The summed E-state index contributed by atoms with van der Waals surface area (Å²) in [6.07, 6.45) is 0. The lowest BCUT2D eigenvalue weighted by Crippen LogP contribution is -1.97. The van der Waals surface area contributed by atoms with E-state index in [0.717, 1.165) is 0 Å². The number of hydrogen-bond donors (Lipinski definition) is 2. The van der Waals surface area contributed by atoms with Gasteiger partial charge in [0, 0.05) is 36.2 Å². The zero-order valence-corrected chi connectivity index (χ0v) is 11.1. The summed E-state index contributed by atoms with van der Waals surface area (Å²) in [6, 6.07) is 9.20. The molecule has 0 aliphatic heterocycles. The Morgan fingerprint density at radius 2 is 1.80 bits per heavy atom. The average molecular weight is 275 g/mol. The van der Waals surface area contributed by atoms with Gasteiger partial charge in [0.25, 0.3) is 5.69 Å². The molecule has 0 saturated heterocycles. The van der Waals surface area contributed by atoms with E-state index in [1.807, 2.05) is 0 Å². The normalized spacial score (nSPS) is 10.2. The van der Waals surface area contributed by atoms with Crippen molar-refractivity contribution < 1.29 is 9.31 Å². The number of rotatable bonds is 4. The number of aryl methyl sites for hydroxylation is 1. The van der Waals surface area contributed by atoms with Crippen molar-refractivity contribution in [2.45, 2.75) is 6.92 Å². The smallest absolute Gasteiger partial charge is 0.273 e. The molecule has 6 heteroatoms. The zero-order valence-electron chi connectivity index (χ0n) is 11.1. The van der Waals surface area contributed by atoms with Crippen LogP contribution in [0.1, 0.15) is 5.56 Å². The molecular weight excluding hydrogens is 261 g/mol. The Bertz CT molecular complexity index is 659. The first-order valence-corrected chi connectivity index (χ1v) is 6.00. The summed E-state index contributed by atoms with van der Waals surface area (Å²) in [5.41, 5.74) is 2.36. The molecule has 0 spiro atoms. The Labute approximate surface area is 115 Å². The maximum absolute atomic E-state index is 13.2. The van der Waals surface area contributed by atoms with E-state index in [4.69, 9.17) is 0 Å². The highest BCUT2D eigenvalue weighted by Gasteiger charge is 2.09. The second-order valence-corrected chi connectivity index (χ2v) is 4.36. The highest BCUT2D eigenvalue weighted by Crippen LogP contribution is 2.27. The minimum atomic E-state index is -0.456. The second-order valence-electron chi connectivity index (χ2n) is 4.36. The molecule has 0 aliphatic rings. The van der Waals surface area contributed by atoms with Crippen LogP contribution in [0.2, 0.25) is 0 Å². The number of non-ortho nitro benzene ring substituents is 1. The molecule has 2 aromatic rings. The minimum Gasteiger partial charge on any atom is -0.388 e. The zero-order chi connectivity index (χ0) is 14.7. The fourth-order valence-corrected chi connectivity index (χ4v) is 1.82. The van der Waals surface area contributed by atoms with Crippen molar-refractivity contribution in [2.24, 2.45) is 0 Å². The van der Waals surface area contributed by atoms with Gasteiger partial charge in [0.05, 0.1) is 4.92 Å². The monoisotopic (exact) mass is 275 g/mol. The quantitative estimate of drug-likeness (QED) is 0.657. The minimum absolute atomic E-state index is 0.0156. The van der Waals surface area contributed by atoms with Crippen molar-refractivity contribution in [3.63, 3.8) is 0 Å². The van der Waals surface area contributed by atoms with Gasteiger partial charge in [0.15, 0.2) is 0 Å². The van der Waals surface area contributed by atoms with Crippen molar-refractivity contribution in [1.29, 1.82) is 0 Å². The third-order valence-corrected chi connectivity index (χ3v) is 2.86. The van der Waals surface area contributed by atoms with E-state index in [9.17, 15) is 14.5 Å². The van der Waals surface area contributed by atoms with Gasteiger partial charge < -0.3 is 10.6 Å². The van der Waals surface area contributed by atoms with E-state index in [0.29, 0.717) is 22.6 Å². The van der Waals surface area contributed by atoms with Gasteiger partial charge in [0.2, 0.25) is 0 Å². The predicted molar refractivity (Wildman–Crippen MR) is 77.1 cm³/mol. The van der Waals surface area contributed by atoms with Crippen molar-refractivity contribution >= 4 is 22.7 Å². The van der Waals surface area contributed by atoms with Gasteiger partial charge in [-0.1, -0.05) is 0 Å². The standard InChI is InChI=1S/C14H14FN3O2/c1-9-5-10(3-4-14(9)15)17-12-6-11(16-2)7-13(8-12)18(19)20/h3-8,16-17H,1-2H3. The van der Waals surface area contributed by atoms with Gasteiger partial charge in [-0.15, -0.1) is 0 Å². The molecule has 2 N–H and O–H groups in total. The van der Waals surface area contributed by atoms with E-state index >= 15 is 0 Å². The van der Waals surface area contributed by atoms with Crippen LogP contribution in [0.3, 0.4) is 0 Å². The van der Waals surface area contributed by atoms with Gasteiger partial charge in [-0.2, -0.15) is 0 Å². The molecule has 104 valence electrons. The Hall–Kier alpha value is -2.63. The summed E-state index contributed by atoms with van der Waals surface area (Å²) < 4.78 is 13.2. The van der Waals surface area contributed by atoms with Crippen LogP contribution >= 0.6 is 0 Å². The summed E-state index contributed by atoms with van der Waals surface area (Å²) in [4.78, 5) is 10.4. The molecule has 0 radical (unpaired) electrons. The number of nitro groups is 1. The van der Waals surface area contributed by atoms with E-state index in [1.165, 1.54) is 18.2 Å².